The Kier molecular flexibility index (Phi) is 9.78. The molecule has 34 heavy (non-hydrogen) atoms. The lowest BCUT2D eigenvalue weighted by Gasteiger charge is -2.24. The smallest absolute Gasteiger partial charge is 0.242 e. The van der Waals surface area contributed by atoms with Crippen molar-refractivity contribution in [1.82, 2.24) is 4.98 Å². The van der Waals surface area contributed by atoms with Crippen LogP contribution in [-0.2, 0) is 4.79 Å². The maximum absolute atomic E-state index is 13.1. The number of carbonyl (C=O) groups excluding carboxylic acids is 1. The van der Waals surface area contributed by atoms with E-state index in [0.29, 0.717) is 11.3 Å². The van der Waals surface area contributed by atoms with Crippen LogP contribution in [0.3, 0.4) is 0 Å². The van der Waals surface area contributed by atoms with Gasteiger partial charge in [-0.3, -0.25) is 9.78 Å². The predicted molar refractivity (Wildman–Crippen MR) is 140 cm³/mol. The molecule has 1 unspecified atom stereocenters. The first kappa shape index (κ1) is 26.6. The quantitative estimate of drug-likeness (QED) is 0.369. The SMILES string of the molecule is Cl.Cl.N#Cc1cnccc1-c1ccc(NC(=O)C(N)C(c2ccccc2)c2ccccc2)cc1. The number of nitrogens with two attached hydrogens (primary N) is 1. The number of aromatic nitrogens is 1. The molecule has 0 fully saturated rings. The molecule has 0 aliphatic heterocycles. The van der Waals surface area contributed by atoms with Gasteiger partial charge in [0.05, 0.1) is 11.6 Å². The van der Waals surface area contributed by atoms with Crippen LogP contribution < -0.4 is 11.1 Å². The van der Waals surface area contributed by atoms with Gasteiger partial charge in [-0.2, -0.15) is 5.26 Å². The molecule has 0 radical (unpaired) electrons. The largest absolute Gasteiger partial charge is 0.325 e. The molecule has 0 saturated heterocycles. The van der Waals surface area contributed by atoms with E-state index >= 15 is 0 Å². The molecule has 3 aromatic carbocycles. The van der Waals surface area contributed by atoms with E-state index in [1.54, 1.807) is 12.3 Å². The van der Waals surface area contributed by atoms with Crippen molar-refractivity contribution in [2.45, 2.75) is 12.0 Å². The van der Waals surface area contributed by atoms with E-state index in [-0.39, 0.29) is 36.6 Å². The van der Waals surface area contributed by atoms with Gasteiger partial charge in [-0.05, 0) is 34.9 Å². The van der Waals surface area contributed by atoms with Gasteiger partial charge in [0, 0.05) is 29.6 Å². The van der Waals surface area contributed by atoms with Gasteiger partial charge in [-0.1, -0.05) is 72.8 Å². The minimum absolute atomic E-state index is 0. The second-order valence-electron chi connectivity index (χ2n) is 7.42. The van der Waals surface area contributed by atoms with Crippen LogP contribution in [0.5, 0.6) is 0 Å². The monoisotopic (exact) mass is 490 g/mol. The molecule has 0 aliphatic rings. The molecular formula is C27H24Cl2N4O. The summed E-state index contributed by atoms with van der Waals surface area (Å²) in [6.45, 7) is 0. The number of nitriles is 1. The summed E-state index contributed by atoms with van der Waals surface area (Å²) >= 11 is 0. The third-order valence-electron chi connectivity index (χ3n) is 5.38. The van der Waals surface area contributed by atoms with Gasteiger partial charge in [0.1, 0.15) is 6.07 Å². The fraction of sp³-hybridized carbons (Fsp3) is 0.0741. The molecule has 0 aliphatic carbocycles. The van der Waals surface area contributed by atoms with Gasteiger partial charge in [0.15, 0.2) is 0 Å². The highest BCUT2D eigenvalue weighted by molar-refractivity contribution is 5.96. The van der Waals surface area contributed by atoms with Crippen LogP contribution >= 0.6 is 24.8 Å². The highest BCUT2D eigenvalue weighted by atomic mass is 35.5. The van der Waals surface area contributed by atoms with Crippen LogP contribution in [0.25, 0.3) is 11.1 Å². The molecule has 5 nitrogen and oxygen atoms in total. The summed E-state index contributed by atoms with van der Waals surface area (Å²) in [6, 6.07) is 30.1. The van der Waals surface area contributed by atoms with Gasteiger partial charge < -0.3 is 11.1 Å². The van der Waals surface area contributed by atoms with Crippen LogP contribution in [0.4, 0.5) is 5.69 Å². The van der Waals surface area contributed by atoms with Crippen molar-refractivity contribution < 1.29 is 4.79 Å². The van der Waals surface area contributed by atoms with E-state index in [2.05, 4.69) is 16.4 Å². The fourth-order valence-electron chi connectivity index (χ4n) is 3.77. The molecule has 4 aromatic rings. The number of hydrogen-bond acceptors (Lipinski definition) is 4. The zero-order chi connectivity index (χ0) is 22.3. The Hall–Kier alpha value is -3.69. The highest BCUT2D eigenvalue weighted by Crippen LogP contribution is 2.28. The molecular weight excluding hydrogens is 467 g/mol. The maximum Gasteiger partial charge on any atom is 0.242 e. The van der Waals surface area contributed by atoms with Crippen molar-refractivity contribution in [2.75, 3.05) is 5.32 Å². The average Bonchev–Trinajstić information content (AvgIpc) is 2.86. The van der Waals surface area contributed by atoms with Crippen molar-refractivity contribution in [1.29, 1.82) is 5.26 Å². The zero-order valence-corrected chi connectivity index (χ0v) is 19.8. The Balaban J connectivity index is 0.00000204. The van der Waals surface area contributed by atoms with Crippen LogP contribution in [0, 0.1) is 11.3 Å². The number of hydrogen-bond donors (Lipinski definition) is 2. The summed E-state index contributed by atoms with van der Waals surface area (Å²) in [5.74, 6) is -0.538. The number of halogens is 2. The summed E-state index contributed by atoms with van der Waals surface area (Å²) in [5.41, 5.74) is 11.3. The van der Waals surface area contributed by atoms with Gasteiger partial charge in [-0.25, -0.2) is 0 Å². The molecule has 3 N–H and O–H groups in total. The van der Waals surface area contributed by atoms with Gasteiger partial charge >= 0.3 is 0 Å². The third-order valence-corrected chi connectivity index (χ3v) is 5.38. The fourth-order valence-corrected chi connectivity index (χ4v) is 3.77. The molecule has 0 saturated carbocycles. The highest BCUT2D eigenvalue weighted by Gasteiger charge is 2.27. The number of pyridine rings is 1. The first-order chi connectivity index (χ1) is 15.7. The summed E-state index contributed by atoms with van der Waals surface area (Å²) in [4.78, 5) is 17.1. The topological polar surface area (TPSA) is 91.8 Å². The lowest BCUT2D eigenvalue weighted by atomic mass is 9.85. The second kappa shape index (κ2) is 12.5. The first-order valence-electron chi connectivity index (χ1n) is 10.3. The Bertz CT molecular complexity index is 1200. The maximum atomic E-state index is 13.1. The summed E-state index contributed by atoms with van der Waals surface area (Å²) in [5, 5.41) is 12.2. The molecule has 172 valence electrons. The van der Waals surface area contributed by atoms with Crippen molar-refractivity contribution in [3.05, 3.63) is 120 Å². The summed E-state index contributed by atoms with van der Waals surface area (Å²) < 4.78 is 0. The molecule has 1 aromatic heterocycles. The van der Waals surface area contributed by atoms with E-state index in [4.69, 9.17) is 5.73 Å². The standard InChI is InChI=1S/C27H22N4O.2ClH/c28-17-22-18-30-16-15-24(22)19-11-13-23(14-12-19)31-27(32)26(29)25(20-7-3-1-4-8-20)21-9-5-2-6-10-21;;/h1-16,18,25-26H,29H2,(H,31,32);2*1H. The minimum Gasteiger partial charge on any atom is -0.325 e. The predicted octanol–water partition coefficient (Wildman–Crippen LogP) is 5.56. The lowest BCUT2D eigenvalue weighted by molar-refractivity contribution is -0.117. The normalized spacial score (nSPS) is 10.9. The van der Waals surface area contributed by atoms with Gasteiger partial charge in [-0.15, -0.1) is 24.8 Å². The van der Waals surface area contributed by atoms with Gasteiger partial charge in [0.25, 0.3) is 0 Å². The van der Waals surface area contributed by atoms with E-state index in [9.17, 15) is 10.1 Å². The number of nitrogens with one attached hydrogen (secondary N) is 1. The Labute approximate surface area is 211 Å². The number of carbonyl (C=O) groups is 1. The van der Waals surface area contributed by atoms with Gasteiger partial charge in [0.2, 0.25) is 5.91 Å². The number of amides is 1. The van der Waals surface area contributed by atoms with Crippen LogP contribution in [-0.4, -0.2) is 16.9 Å². The molecule has 4 rings (SSSR count). The molecule has 7 heteroatoms. The Morgan fingerprint density at radius 1 is 0.853 bits per heavy atom. The molecule has 1 atom stereocenters. The third kappa shape index (κ3) is 6.00. The Morgan fingerprint density at radius 2 is 1.41 bits per heavy atom. The molecule has 1 amide bonds. The summed E-state index contributed by atoms with van der Waals surface area (Å²) in [7, 11) is 0. The summed E-state index contributed by atoms with van der Waals surface area (Å²) in [6.07, 6.45) is 3.19. The van der Waals surface area contributed by atoms with E-state index < -0.39 is 6.04 Å². The second-order valence-corrected chi connectivity index (χ2v) is 7.42. The van der Waals surface area contributed by atoms with Crippen LogP contribution in [0.15, 0.2) is 103 Å². The van der Waals surface area contributed by atoms with E-state index in [1.165, 1.54) is 6.20 Å². The van der Waals surface area contributed by atoms with Crippen molar-refractivity contribution in [2.24, 2.45) is 5.73 Å². The van der Waals surface area contributed by atoms with E-state index in [0.717, 1.165) is 22.3 Å². The van der Waals surface area contributed by atoms with Crippen LogP contribution in [0.2, 0.25) is 0 Å². The first-order valence-corrected chi connectivity index (χ1v) is 10.3. The van der Waals surface area contributed by atoms with Crippen molar-refractivity contribution in [3.8, 4) is 17.2 Å². The van der Waals surface area contributed by atoms with Crippen molar-refractivity contribution in [3.63, 3.8) is 0 Å². The molecule has 0 spiro atoms. The zero-order valence-electron chi connectivity index (χ0n) is 18.2. The van der Waals surface area contributed by atoms with Crippen molar-refractivity contribution >= 4 is 36.4 Å². The number of anilines is 1. The Morgan fingerprint density at radius 3 is 1.94 bits per heavy atom. The average molecular weight is 491 g/mol. The van der Waals surface area contributed by atoms with E-state index in [1.807, 2.05) is 84.9 Å². The number of benzene rings is 3. The number of rotatable bonds is 6. The minimum atomic E-state index is -0.773. The molecule has 1 heterocycles. The molecule has 0 bridgehead atoms. The van der Waals surface area contributed by atoms with Crippen LogP contribution in [0.1, 0.15) is 22.6 Å². The number of nitrogens with zero attached hydrogens (tertiary/aromatic N) is 2. The lowest BCUT2D eigenvalue weighted by Crippen LogP contribution is -2.41.